The standard InChI is InChI=1S/C26H18N2O/c1-16-9-10-18(17(2)14-16)19-11-12-24-25(22(19)15-27)21-7-5-6-20(26(21)29-24)23-8-3-4-13-28-23/h3-14H,1-2H3. The third-order valence-electron chi connectivity index (χ3n) is 5.39. The normalized spacial score (nSPS) is 11.1. The lowest BCUT2D eigenvalue weighted by Crippen LogP contribution is -1.89. The highest BCUT2D eigenvalue weighted by molar-refractivity contribution is 6.13. The van der Waals surface area contributed by atoms with Gasteiger partial charge in [0.15, 0.2) is 0 Å². The molecule has 2 heterocycles. The van der Waals surface area contributed by atoms with Gasteiger partial charge in [-0.15, -0.1) is 0 Å². The van der Waals surface area contributed by atoms with Crippen LogP contribution in [0.2, 0.25) is 0 Å². The van der Waals surface area contributed by atoms with Gasteiger partial charge in [-0.2, -0.15) is 5.26 Å². The van der Waals surface area contributed by atoms with Crippen LogP contribution < -0.4 is 0 Å². The summed E-state index contributed by atoms with van der Waals surface area (Å²) in [5.74, 6) is 0. The minimum Gasteiger partial charge on any atom is -0.455 e. The molecule has 0 fully saturated rings. The first-order valence-electron chi connectivity index (χ1n) is 9.55. The van der Waals surface area contributed by atoms with Gasteiger partial charge in [0.25, 0.3) is 0 Å². The van der Waals surface area contributed by atoms with Gasteiger partial charge in [-0.05, 0) is 55.3 Å². The molecule has 0 N–H and O–H groups in total. The fraction of sp³-hybridized carbons (Fsp3) is 0.0769. The van der Waals surface area contributed by atoms with E-state index in [1.54, 1.807) is 6.20 Å². The quantitative estimate of drug-likeness (QED) is 0.341. The Bertz CT molecular complexity index is 1420. The lowest BCUT2D eigenvalue weighted by molar-refractivity contribution is 0.670. The van der Waals surface area contributed by atoms with Crippen LogP contribution in [0.4, 0.5) is 0 Å². The van der Waals surface area contributed by atoms with Crippen LogP contribution in [-0.2, 0) is 0 Å². The summed E-state index contributed by atoms with van der Waals surface area (Å²) in [6.07, 6.45) is 1.77. The lowest BCUT2D eigenvalue weighted by atomic mass is 9.92. The van der Waals surface area contributed by atoms with Gasteiger partial charge in [-0.1, -0.05) is 42.0 Å². The Balaban J connectivity index is 1.85. The smallest absolute Gasteiger partial charge is 0.144 e. The van der Waals surface area contributed by atoms with Crippen molar-refractivity contribution in [2.75, 3.05) is 0 Å². The second-order valence-corrected chi connectivity index (χ2v) is 7.29. The highest BCUT2D eigenvalue weighted by Gasteiger charge is 2.19. The van der Waals surface area contributed by atoms with Crippen LogP contribution in [0.3, 0.4) is 0 Å². The van der Waals surface area contributed by atoms with Crippen LogP contribution in [0, 0.1) is 25.2 Å². The molecule has 138 valence electrons. The van der Waals surface area contributed by atoms with Crippen molar-refractivity contribution < 1.29 is 4.42 Å². The summed E-state index contributed by atoms with van der Waals surface area (Å²) < 4.78 is 6.23. The molecule has 5 rings (SSSR count). The number of hydrogen-bond donors (Lipinski definition) is 0. The molecule has 3 heteroatoms. The number of benzene rings is 3. The molecule has 5 aromatic rings. The van der Waals surface area contributed by atoms with Crippen LogP contribution in [-0.4, -0.2) is 4.98 Å². The summed E-state index contributed by atoms with van der Waals surface area (Å²) in [7, 11) is 0. The average molecular weight is 374 g/mol. The van der Waals surface area contributed by atoms with E-state index in [1.807, 2.05) is 48.5 Å². The molecule has 0 spiro atoms. The van der Waals surface area contributed by atoms with E-state index in [1.165, 1.54) is 5.56 Å². The molecule has 3 aromatic carbocycles. The first kappa shape index (κ1) is 17.2. The van der Waals surface area contributed by atoms with Crippen molar-refractivity contribution in [3.05, 3.63) is 89.6 Å². The Labute approximate surface area is 168 Å². The highest BCUT2D eigenvalue weighted by atomic mass is 16.3. The SMILES string of the molecule is Cc1ccc(-c2ccc3oc4c(-c5ccccn5)cccc4c3c2C#N)c(C)c1. The first-order chi connectivity index (χ1) is 14.2. The monoisotopic (exact) mass is 374 g/mol. The zero-order valence-electron chi connectivity index (χ0n) is 16.2. The van der Waals surface area contributed by atoms with Crippen molar-refractivity contribution in [3.63, 3.8) is 0 Å². The molecule has 0 aliphatic heterocycles. The van der Waals surface area contributed by atoms with E-state index in [4.69, 9.17) is 4.42 Å². The van der Waals surface area contributed by atoms with E-state index < -0.39 is 0 Å². The number of fused-ring (bicyclic) bond motifs is 3. The van der Waals surface area contributed by atoms with Crippen LogP contribution in [0.1, 0.15) is 16.7 Å². The van der Waals surface area contributed by atoms with Gasteiger partial charge in [0, 0.05) is 28.1 Å². The Morgan fingerprint density at radius 2 is 1.72 bits per heavy atom. The van der Waals surface area contributed by atoms with E-state index in [0.29, 0.717) is 11.1 Å². The number of pyridine rings is 1. The number of nitrogens with zero attached hydrogens (tertiary/aromatic N) is 2. The number of para-hydroxylation sites is 1. The van der Waals surface area contributed by atoms with E-state index in [9.17, 15) is 5.26 Å². The van der Waals surface area contributed by atoms with Crippen LogP contribution in [0.5, 0.6) is 0 Å². The van der Waals surface area contributed by atoms with Crippen molar-refractivity contribution in [1.29, 1.82) is 5.26 Å². The van der Waals surface area contributed by atoms with Gasteiger partial charge < -0.3 is 4.42 Å². The van der Waals surface area contributed by atoms with Crippen molar-refractivity contribution in [2.45, 2.75) is 13.8 Å². The molecule has 0 radical (unpaired) electrons. The van der Waals surface area contributed by atoms with Gasteiger partial charge in [-0.25, -0.2) is 0 Å². The van der Waals surface area contributed by atoms with Crippen molar-refractivity contribution in [2.24, 2.45) is 0 Å². The number of nitriles is 1. The summed E-state index contributed by atoms with van der Waals surface area (Å²) in [4.78, 5) is 4.47. The maximum atomic E-state index is 10.1. The molecule has 0 atom stereocenters. The lowest BCUT2D eigenvalue weighted by Gasteiger charge is -2.09. The zero-order valence-corrected chi connectivity index (χ0v) is 16.2. The first-order valence-corrected chi connectivity index (χ1v) is 9.55. The fourth-order valence-corrected chi connectivity index (χ4v) is 4.07. The topological polar surface area (TPSA) is 49.8 Å². The second-order valence-electron chi connectivity index (χ2n) is 7.29. The highest BCUT2D eigenvalue weighted by Crippen LogP contribution is 2.40. The number of hydrogen-bond acceptors (Lipinski definition) is 3. The molecule has 0 aliphatic rings. The van der Waals surface area contributed by atoms with Gasteiger partial charge in [0.05, 0.1) is 11.3 Å². The van der Waals surface area contributed by atoms with Gasteiger partial charge in [0.1, 0.15) is 17.2 Å². The molecule has 0 unspecified atom stereocenters. The zero-order chi connectivity index (χ0) is 20.0. The van der Waals surface area contributed by atoms with E-state index in [0.717, 1.165) is 44.3 Å². The second kappa shape index (κ2) is 6.61. The largest absolute Gasteiger partial charge is 0.455 e. The Kier molecular flexibility index (Phi) is 3.93. The van der Waals surface area contributed by atoms with Crippen LogP contribution >= 0.6 is 0 Å². The Morgan fingerprint density at radius 1 is 0.862 bits per heavy atom. The molecule has 29 heavy (non-hydrogen) atoms. The molecular formula is C26H18N2O. The third-order valence-corrected chi connectivity index (χ3v) is 5.39. The van der Waals surface area contributed by atoms with Crippen molar-refractivity contribution in [3.8, 4) is 28.5 Å². The molecule has 0 aliphatic carbocycles. The maximum Gasteiger partial charge on any atom is 0.144 e. The summed E-state index contributed by atoms with van der Waals surface area (Å²) in [5, 5.41) is 11.9. The van der Waals surface area contributed by atoms with E-state index >= 15 is 0 Å². The Hall–Kier alpha value is -3.90. The van der Waals surface area contributed by atoms with Crippen LogP contribution in [0.25, 0.3) is 44.3 Å². The maximum absolute atomic E-state index is 10.1. The minimum atomic E-state index is 0.645. The summed E-state index contributed by atoms with van der Waals surface area (Å²) in [6.45, 7) is 4.16. The third kappa shape index (κ3) is 2.69. The van der Waals surface area contributed by atoms with Crippen molar-refractivity contribution in [1.82, 2.24) is 4.98 Å². The molecule has 3 nitrogen and oxygen atoms in total. The van der Waals surface area contributed by atoms with E-state index in [-0.39, 0.29) is 0 Å². The summed E-state index contributed by atoms with van der Waals surface area (Å²) in [6, 6.07) is 24.5. The van der Waals surface area contributed by atoms with Crippen LogP contribution in [0.15, 0.2) is 77.3 Å². The molecule has 0 amide bonds. The number of aromatic nitrogens is 1. The Morgan fingerprint density at radius 3 is 2.48 bits per heavy atom. The summed E-state index contributed by atoms with van der Waals surface area (Å²) >= 11 is 0. The predicted molar refractivity (Wildman–Crippen MR) is 117 cm³/mol. The number of aryl methyl sites for hydroxylation is 2. The minimum absolute atomic E-state index is 0.645. The van der Waals surface area contributed by atoms with Crippen molar-refractivity contribution >= 4 is 21.9 Å². The molecule has 0 saturated carbocycles. The fourth-order valence-electron chi connectivity index (χ4n) is 4.07. The average Bonchev–Trinajstić information content (AvgIpc) is 3.13. The number of rotatable bonds is 2. The molecule has 2 aromatic heterocycles. The van der Waals surface area contributed by atoms with E-state index in [2.05, 4.69) is 43.1 Å². The number of furan rings is 1. The predicted octanol–water partition coefficient (Wildman–Crippen LogP) is 6.80. The molecule has 0 bridgehead atoms. The molecular weight excluding hydrogens is 356 g/mol. The van der Waals surface area contributed by atoms with Gasteiger partial charge >= 0.3 is 0 Å². The molecule has 0 saturated heterocycles. The van der Waals surface area contributed by atoms with Gasteiger partial charge in [0.2, 0.25) is 0 Å². The van der Waals surface area contributed by atoms with Gasteiger partial charge in [-0.3, -0.25) is 4.98 Å². The summed E-state index contributed by atoms with van der Waals surface area (Å²) in [5.41, 5.74) is 8.27.